The van der Waals surface area contributed by atoms with Crippen LogP contribution in [0.2, 0.25) is 5.28 Å². The van der Waals surface area contributed by atoms with Crippen LogP contribution in [0.4, 0.5) is 23.0 Å². The van der Waals surface area contributed by atoms with E-state index in [1.165, 1.54) is 30.6 Å². The summed E-state index contributed by atoms with van der Waals surface area (Å²) in [5.41, 5.74) is 1.46. The van der Waals surface area contributed by atoms with Crippen LogP contribution in [-0.4, -0.2) is 40.1 Å². The largest absolute Gasteiger partial charge is 1.00 e. The quantitative estimate of drug-likeness (QED) is 0.0546. The molecule has 0 saturated carbocycles. The first-order valence-electron chi connectivity index (χ1n) is 11.5. The maximum Gasteiger partial charge on any atom is 1.00 e. The Morgan fingerprint density at radius 3 is 2.49 bits per heavy atom. The number of aromatic hydroxyl groups is 1. The van der Waals surface area contributed by atoms with Crippen LogP contribution in [0.25, 0.3) is 21.5 Å². The maximum absolute atomic E-state index is 11.7. The van der Waals surface area contributed by atoms with Crippen molar-refractivity contribution in [1.82, 2.24) is 15.0 Å². The number of phenolic OH excluding ortho intramolecular Hbond substituents is 1. The van der Waals surface area contributed by atoms with Gasteiger partial charge in [-0.15, -0.1) is 5.11 Å². The molecule has 5 aromatic rings. The van der Waals surface area contributed by atoms with E-state index < -0.39 is 10.1 Å². The van der Waals surface area contributed by atoms with E-state index in [1.54, 1.807) is 49.2 Å². The van der Waals surface area contributed by atoms with Crippen molar-refractivity contribution < 1.29 is 91.8 Å². The average Bonchev–Trinajstić information content (AvgIpc) is 2.95. The Hall–Kier alpha value is -1.96. The number of aromatic nitrogens is 3. The molecule has 1 N–H and O–H groups in total. The molecule has 0 unspecified atom stereocenters. The Labute approximate surface area is 298 Å². The van der Waals surface area contributed by atoms with Crippen molar-refractivity contribution in [1.29, 1.82) is 0 Å². The fraction of sp³-hybridized carbons (Fsp3) is 0.0800. The zero-order valence-electron chi connectivity index (χ0n) is 23.0. The first-order chi connectivity index (χ1) is 19.6. The van der Waals surface area contributed by atoms with Crippen LogP contribution < -0.4 is 69.3 Å². The SMILES string of the molecule is Cc1c(N=Nc2c(SOO[O-])cc3ccc(N(C)c4ncnc(Cl)n4)cc3c2O)ccc2c(S(=O)(=O)[O-])cccc12.[Na+].[Na+]. The minimum absolute atomic E-state index is 0. The summed E-state index contributed by atoms with van der Waals surface area (Å²) in [5, 5.41) is 35.5. The molecule has 0 fully saturated rings. The first kappa shape index (κ1) is 35.5. The van der Waals surface area contributed by atoms with Gasteiger partial charge in [0.05, 0.1) is 27.5 Å². The summed E-state index contributed by atoms with van der Waals surface area (Å²) in [6, 6.07) is 14.1. The number of hydrogen-bond acceptors (Lipinski definition) is 14. The molecule has 13 nitrogen and oxygen atoms in total. The molecule has 0 aliphatic carbocycles. The summed E-state index contributed by atoms with van der Waals surface area (Å²) in [5.74, 6) is 0.00184. The number of azo groups is 1. The van der Waals surface area contributed by atoms with Gasteiger partial charge < -0.3 is 19.8 Å². The van der Waals surface area contributed by atoms with Crippen molar-refractivity contribution in [2.24, 2.45) is 10.2 Å². The van der Waals surface area contributed by atoms with Gasteiger partial charge in [-0.05, 0) is 70.6 Å². The van der Waals surface area contributed by atoms with Gasteiger partial charge in [0.15, 0.2) is 5.75 Å². The average molecular weight is 659 g/mol. The van der Waals surface area contributed by atoms with Crippen molar-refractivity contribution in [2.75, 3.05) is 11.9 Å². The smallest absolute Gasteiger partial charge is 0.744 e. The number of anilines is 2. The van der Waals surface area contributed by atoms with Crippen LogP contribution in [0.1, 0.15) is 5.56 Å². The van der Waals surface area contributed by atoms with E-state index >= 15 is 0 Å². The van der Waals surface area contributed by atoms with Crippen molar-refractivity contribution in [2.45, 2.75) is 16.7 Å². The van der Waals surface area contributed by atoms with E-state index in [0.29, 0.717) is 45.1 Å². The second-order valence-electron chi connectivity index (χ2n) is 8.53. The number of phenols is 1. The first-order valence-corrected chi connectivity index (χ1v) is 14.0. The van der Waals surface area contributed by atoms with E-state index in [9.17, 15) is 23.3 Å². The maximum atomic E-state index is 11.7. The molecule has 0 bridgehead atoms. The van der Waals surface area contributed by atoms with Crippen LogP contribution in [0.5, 0.6) is 5.75 Å². The summed E-state index contributed by atoms with van der Waals surface area (Å²) < 4.78 is 39.6. The van der Waals surface area contributed by atoms with Gasteiger partial charge in [-0.3, -0.25) is 5.04 Å². The Balaban J connectivity index is 0.00000253. The Morgan fingerprint density at radius 2 is 1.79 bits per heavy atom. The van der Waals surface area contributed by atoms with E-state index in [-0.39, 0.29) is 97.0 Å². The molecule has 0 aliphatic rings. The van der Waals surface area contributed by atoms with Crippen molar-refractivity contribution >= 4 is 78.3 Å². The van der Waals surface area contributed by atoms with Crippen LogP contribution in [0.3, 0.4) is 0 Å². The minimum atomic E-state index is -4.70. The number of nitrogens with zero attached hydrogens (tertiary/aromatic N) is 6. The van der Waals surface area contributed by atoms with Crippen LogP contribution in [-0.2, 0) is 19.5 Å². The minimum Gasteiger partial charge on any atom is -0.744 e. The molecule has 0 saturated heterocycles. The fourth-order valence-electron chi connectivity index (χ4n) is 4.19. The molecule has 0 spiro atoms. The van der Waals surface area contributed by atoms with Crippen LogP contribution in [0, 0.1) is 6.92 Å². The third-order valence-corrected chi connectivity index (χ3v) is 7.89. The van der Waals surface area contributed by atoms with E-state index in [4.69, 9.17) is 11.6 Å². The van der Waals surface area contributed by atoms with Crippen molar-refractivity contribution in [3.63, 3.8) is 0 Å². The standard InChI is InChI=1S/C25H19ClN6O7S2.2Na/c1-13-16-4-3-5-21(41(35,36)37)17(16)8-9-19(13)30-31-22-20(40-39-38-34)10-14-6-7-15(11-18(14)23(22)33)32(2)25-28-12-27-24(26)29-25;;/h3-12,33-34H,1-2H3,(H,35,36,37);;/q;2*+1/p-2. The number of halogens is 1. The number of hydrogen-bond donors (Lipinski definition) is 1. The summed E-state index contributed by atoms with van der Waals surface area (Å²) >= 11 is 6.42. The van der Waals surface area contributed by atoms with E-state index in [1.807, 2.05) is 0 Å². The van der Waals surface area contributed by atoms with Crippen molar-refractivity contribution in [3.05, 3.63) is 71.8 Å². The molecule has 1 heterocycles. The molecule has 1 aromatic heterocycles. The predicted octanol–water partition coefficient (Wildman–Crippen LogP) is -0.829. The predicted molar refractivity (Wildman–Crippen MR) is 147 cm³/mol. The van der Waals surface area contributed by atoms with Crippen LogP contribution in [0.15, 0.2) is 80.9 Å². The van der Waals surface area contributed by atoms with Gasteiger partial charge >= 0.3 is 59.1 Å². The Bertz CT molecular complexity index is 1950. The number of benzene rings is 4. The summed E-state index contributed by atoms with van der Waals surface area (Å²) in [7, 11) is -2.99. The molecule has 18 heteroatoms. The summed E-state index contributed by atoms with van der Waals surface area (Å²) in [6.45, 7) is 1.69. The number of fused-ring (bicyclic) bond motifs is 2. The summed E-state index contributed by atoms with van der Waals surface area (Å²) in [6.07, 6.45) is 1.27. The van der Waals surface area contributed by atoms with Gasteiger partial charge in [0.2, 0.25) is 11.2 Å². The molecule has 0 amide bonds. The Kier molecular flexibility index (Phi) is 12.3. The second kappa shape index (κ2) is 14.9. The molecule has 43 heavy (non-hydrogen) atoms. The van der Waals surface area contributed by atoms with Gasteiger partial charge in [-0.25, -0.2) is 18.4 Å². The normalized spacial score (nSPS) is 11.5. The van der Waals surface area contributed by atoms with E-state index in [2.05, 4.69) is 34.6 Å². The molecular weight excluding hydrogens is 642 g/mol. The molecule has 5 rings (SSSR count). The van der Waals surface area contributed by atoms with Crippen molar-refractivity contribution in [3.8, 4) is 5.75 Å². The number of aryl methyl sites for hydroxylation is 1. The zero-order chi connectivity index (χ0) is 29.3. The number of rotatable bonds is 8. The van der Waals surface area contributed by atoms with E-state index in [0.717, 1.165) is 0 Å². The molecule has 4 aromatic carbocycles. The van der Waals surface area contributed by atoms with Gasteiger partial charge in [0.1, 0.15) is 22.1 Å². The second-order valence-corrected chi connectivity index (χ2v) is 11.0. The zero-order valence-corrected chi connectivity index (χ0v) is 29.4. The van der Waals surface area contributed by atoms with Gasteiger partial charge in [0, 0.05) is 18.1 Å². The topological polar surface area (TPSA) is 186 Å². The van der Waals surface area contributed by atoms with Gasteiger partial charge in [-0.1, -0.05) is 24.3 Å². The monoisotopic (exact) mass is 658 g/mol. The molecule has 210 valence electrons. The molecular formula is C25H17ClN6Na2O7S2. The fourth-order valence-corrected chi connectivity index (χ4v) is 5.50. The van der Waals surface area contributed by atoms with Crippen LogP contribution >= 0.6 is 23.6 Å². The Morgan fingerprint density at radius 1 is 1.02 bits per heavy atom. The molecule has 0 radical (unpaired) electrons. The van der Waals surface area contributed by atoms with Gasteiger partial charge in [0.25, 0.3) is 0 Å². The summed E-state index contributed by atoms with van der Waals surface area (Å²) in [4.78, 5) is 13.5. The molecule has 0 aliphatic heterocycles. The third kappa shape index (κ3) is 7.65. The van der Waals surface area contributed by atoms with Gasteiger partial charge in [-0.2, -0.15) is 14.4 Å². The molecule has 0 atom stereocenters. The third-order valence-electron chi connectivity index (χ3n) is 6.19.